The number of para-hydroxylation sites is 1. The average molecular weight is 402 g/mol. The molecule has 0 saturated carbocycles. The van der Waals surface area contributed by atoms with E-state index in [4.69, 9.17) is 4.74 Å². The molecular formula is C23H22N4O3. The molecule has 2 heterocycles. The van der Waals surface area contributed by atoms with Crippen molar-refractivity contribution in [2.45, 2.75) is 32.9 Å². The van der Waals surface area contributed by atoms with E-state index in [1.165, 1.54) is 4.68 Å². The normalized spacial score (nSPS) is 11.2. The number of benzene rings is 2. The third-order valence-corrected chi connectivity index (χ3v) is 4.78. The van der Waals surface area contributed by atoms with Crippen molar-refractivity contribution in [2.75, 3.05) is 0 Å². The van der Waals surface area contributed by atoms with Crippen molar-refractivity contribution in [1.82, 2.24) is 19.6 Å². The maximum Gasteiger partial charge on any atom is 0.328 e. The quantitative estimate of drug-likeness (QED) is 0.462. The first-order chi connectivity index (χ1) is 14.5. The molecule has 7 nitrogen and oxygen atoms in total. The van der Waals surface area contributed by atoms with Crippen LogP contribution in [0, 0.1) is 0 Å². The third-order valence-electron chi connectivity index (χ3n) is 4.78. The number of hydrogen-bond acceptors (Lipinski definition) is 5. The van der Waals surface area contributed by atoms with Crippen LogP contribution in [0.2, 0.25) is 0 Å². The molecule has 7 heteroatoms. The topological polar surface area (TPSA) is 79.0 Å². The van der Waals surface area contributed by atoms with E-state index in [0.29, 0.717) is 16.6 Å². The van der Waals surface area contributed by atoms with E-state index in [0.717, 1.165) is 11.3 Å². The number of fused-ring (bicyclic) bond motifs is 1. The van der Waals surface area contributed by atoms with E-state index in [-0.39, 0.29) is 24.6 Å². The minimum absolute atomic E-state index is 0.0492. The van der Waals surface area contributed by atoms with Gasteiger partial charge in [-0.25, -0.2) is 9.36 Å². The minimum atomic E-state index is -0.520. The minimum Gasteiger partial charge on any atom is -0.459 e. The Bertz CT molecular complexity index is 1230. The van der Waals surface area contributed by atoms with Crippen molar-refractivity contribution in [3.63, 3.8) is 0 Å². The van der Waals surface area contributed by atoms with Crippen molar-refractivity contribution in [2.24, 2.45) is 0 Å². The molecule has 0 spiro atoms. The van der Waals surface area contributed by atoms with Crippen LogP contribution in [-0.4, -0.2) is 25.5 Å². The SMILES string of the molecule is CC(C)c1nn(CC(=O)OCc2ccccc2)c(=O)c2c1cnn2-c1ccccc1. The Morgan fingerprint density at radius 1 is 1.03 bits per heavy atom. The summed E-state index contributed by atoms with van der Waals surface area (Å²) in [5, 5.41) is 9.55. The van der Waals surface area contributed by atoms with E-state index in [1.807, 2.05) is 74.5 Å². The fraction of sp³-hybridized carbons (Fsp3) is 0.217. The van der Waals surface area contributed by atoms with E-state index in [9.17, 15) is 9.59 Å². The Balaban J connectivity index is 1.70. The summed E-state index contributed by atoms with van der Waals surface area (Å²) in [4.78, 5) is 25.6. The molecule has 0 radical (unpaired) electrons. The fourth-order valence-corrected chi connectivity index (χ4v) is 3.30. The van der Waals surface area contributed by atoms with Gasteiger partial charge in [-0.2, -0.15) is 10.2 Å². The van der Waals surface area contributed by atoms with Crippen LogP contribution < -0.4 is 5.56 Å². The molecule has 2 aromatic carbocycles. The number of aromatic nitrogens is 4. The van der Waals surface area contributed by atoms with E-state index in [1.54, 1.807) is 10.9 Å². The summed E-state index contributed by atoms with van der Waals surface area (Å²) >= 11 is 0. The number of ether oxygens (including phenoxy) is 1. The van der Waals surface area contributed by atoms with Crippen LogP contribution in [0.25, 0.3) is 16.6 Å². The molecule has 4 aromatic rings. The zero-order valence-electron chi connectivity index (χ0n) is 16.9. The third kappa shape index (κ3) is 3.87. The van der Waals surface area contributed by atoms with Gasteiger partial charge >= 0.3 is 5.97 Å². The lowest BCUT2D eigenvalue weighted by Crippen LogP contribution is -2.30. The Hall–Kier alpha value is -3.74. The molecule has 30 heavy (non-hydrogen) atoms. The smallest absolute Gasteiger partial charge is 0.328 e. The predicted octanol–water partition coefficient (Wildman–Crippen LogP) is 3.45. The van der Waals surface area contributed by atoms with Gasteiger partial charge in [0.05, 0.1) is 17.6 Å². The zero-order chi connectivity index (χ0) is 21.1. The second-order valence-corrected chi connectivity index (χ2v) is 7.30. The van der Waals surface area contributed by atoms with Crippen molar-refractivity contribution < 1.29 is 9.53 Å². The van der Waals surface area contributed by atoms with Crippen LogP contribution in [0.5, 0.6) is 0 Å². The monoisotopic (exact) mass is 402 g/mol. The Labute approximate surface area is 173 Å². The lowest BCUT2D eigenvalue weighted by Gasteiger charge is -2.12. The summed E-state index contributed by atoms with van der Waals surface area (Å²) < 4.78 is 8.10. The molecule has 0 amide bonds. The molecule has 0 aliphatic rings. The maximum absolute atomic E-state index is 13.2. The predicted molar refractivity (Wildman–Crippen MR) is 113 cm³/mol. The van der Waals surface area contributed by atoms with Crippen LogP contribution in [0.4, 0.5) is 0 Å². The summed E-state index contributed by atoms with van der Waals surface area (Å²) in [6, 6.07) is 18.8. The molecule has 0 aliphatic heterocycles. The highest BCUT2D eigenvalue weighted by Crippen LogP contribution is 2.22. The number of hydrogen-bond donors (Lipinski definition) is 0. The number of carbonyl (C=O) groups is 1. The van der Waals surface area contributed by atoms with Gasteiger partial charge in [0, 0.05) is 5.39 Å². The maximum atomic E-state index is 13.2. The van der Waals surface area contributed by atoms with Crippen LogP contribution >= 0.6 is 0 Å². The molecule has 2 aromatic heterocycles. The standard InChI is InChI=1S/C23H22N4O3/c1-16(2)21-19-13-24-27(18-11-7-4-8-12-18)22(19)23(29)26(25-21)14-20(28)30-15-17-9-5-3-6-10-17/h3-13,16H,14-15H2,1-2H3. The molecule has 0 N–H and O–H groups in total. The summed E-state index contributed by atoms with van der Waals surface area (Å²) in [5.74, 6) is -0.471. The van der Waals surface area contributed by atoms with E-state index < -0.39 is 5.97 Å². The van der Waals surface area contributed by atoms with Gasteiger partial charge < -0.3 is 4.74 Å². The van der Waals surface area contributed by atoms with Gasteiger partial charge in [-0.15, -0.1) is 0 Å². The van der Waals surface area contributed by atoms with Gasteiger partial charge in [0.1, 0.15) is 18.7 Å². The lowest BCUT2D eigenvalue weighted by molar-refractivity contribution is -0.146. The molecule has 152 valence electrons. The van der Waals surface area contributed by atoms with Crippen molar-refractivity contribution in [3.05, 3.63) is 88.5 Å². The summed E-state index contributed by atoms with van der Waals surface area (Å²) in [6.07, 6.45) is 1.66. The summed E-state index contributed by atoms with van der Waals surface area (Å²) in [5.41, 5.74) is 2.38. The van der Waals surface area contributed by atoms with Crippen molar-refractivity contribution in [1.29, 1.82) is 0 Å². The van der Waals surface area contributed by atoms with Gasteiger partial charge in [0.2, 0.25) is 0 Å². The summed E-state index contributed by atoms with van der Waals surface area (Å²) in [6.45, 7) is 3.87. The second-order valence-electron chi connectivity index (χ2n) is 7.30. The molecular weight excluding hydrogens is 380 g/mol. The first kappa shape index (κ1) is 19.6. The zero-order valence-corrected chi connectivity index (χ0v) is 16.9. The molecule has 4 rings (SSSR count). The van der Waals surface area contributed by atoms with Gasteiger partial charge in [0.25, 0.3) is 5.56 Å². The highest BCUT2D eigenvalue weighted by Gasteiger charge is 2.20. The van der Waals surface area contributed by atoms with Crippen molar-refractivity contribution >= 4 is 16.9 Å². The Morgan fingerprint density at radius 3 is 2.37 bits per heavy atom. The molecule has 0 fully saturated rings. The second kappa shape index (κ2) is 8.32. The van der Waals surface area contributed by atoms with Crippen LogP contribution in [0.1, 0.15) is 31.0 Å². The Kier molecular flexibility index (Phi) is 5.43. The largest absolute Gasteiger partial charge is 0.459 e. The molecule has 0 saturated heterocycles. The number of carbonyl (C=O) groups excluding carboxylic acids is 1. The van der Waals surface area contributed by atoms with E-state index in [2.05, 4.69) is 10.2 Å². The average Bonchev–Trinajstić information content (AvgIpc) is 3.21. The molecule has 0 unspecified atom stereocenters. The summed E-state index contributed by atoms with van der Waals surface area (Å²) in [7, 11) is 0. The van der Waals surface area contributed by atoms with Crippen molar-refractivity contribution in [3.8, 4) is 5.69 Å². The van der Waals surface area contributed by atoms with Crippen LogP contribution in [0.15, 0.2) is 71.7 Å². The first-order valence-electron chi connectivity index (χ1n) is 9.78. The number of esters is 1. The fourth-order valence-electron chi connectivity index (χ4n) is 3.30. The molecule has 0 aliphatic carbocycles. The van der Waals surface area contributed by atoms with Gasteiger partial charge in [0.15, 0.2) is 0 Å². The lowest BCUT2D eigenvalue weighted by atomic mass is 10.1. The number of nitrogens with zero attached hydrogens (tertiary/aromatic N) is 4. The van der Waals surface area contributed by atoms with E-state index >= 15 is 0 Å². The molecule has 0 atom stereocenters. The van der Waals surface area contributed by atoms with Gasteiger partial charge in [-0.1, -0.05) is 62.4 Å². The van der Waals surface area contributed by atoms with Gasteiger partial charge in [-0.05, 0) is 23.6 Å². The molecule has 0 bridgehead atoms. The number of rotatable bonds is 6. The first-order valence-corrected chi connectivity index (χ1v) is 9.78. The van der Waals surface area contributed by atoms with Crippen LogP contribution in [-0.2, 0) is 22.7 Å². The Morgan fingerprint density at radius 2 is 1.70 bits per heavy atom. The van der Waals surface area contributed by atoms with Gasteiger partial charge in [-0.3, -0.25) is 9.59 Å². The highest BCUT2D eigenvalue weighted by atomic mass is 16.5. The van der Waals surface area contributed by atoms with Crippen LogP contribution in [0.3, 0.4) is 0 Å². The highest BCUT2D eigenvalue weighted by molar-refractivity contribution is 5.82.